The number of likely N-dealkylation sites (N-methyl/N-ethyl adjacent to an activating group) is 1. The monoisotopic (exact) mass is 316 g/mol. The Kier molecular flexibility index (Phi) is 6.74. The molecule has 1 saturated heterocycles. The third-order valence-corrected chi connectivity index (χ3v) is 3.24. The van der Waals surface area contributed by atoms with Crippen LogP contribution in [0.1, 0.15) is 5.56 Å². The molecule has 2 rings (SSSR count). The molecule has 1 aliphatic rings. The van der Waals surface area contributed by atoms with Gasteiger partial charge in [0.15, 0.2) is 11.5 Å². The van der Waals surface area contributed by atoms with Gasteiger partial charge >= 0.3 is 0 Å². The minimum Gasteiger partial charge on any atom is -0.504 e. The summed E-state index contributed by atoms with van der Waals surface area (Å²) in [4.78, 5) is 13.8. The Labute approximate surface area is 130 Å². The van der Waals surface area contributed by atoms with Crippen LogP contribution in [0.4, 0.5) is 0 Å². The minimum atomic E-state index is -0.423. The highest BCUT2D eigenvalue weighted by Gasteiger charge is 2.24. The van der Waals surface area contributed by atoms with E-state index >= 15 is 0 Å². The third-order valence-electron chi connectivity index (χ3n) is 3.24. The van der Waals surface area contributed by atoms with E-state index in [1.165, 1.54) is 7.11 Å². The van der Waals surface area contributed by atoms with Crippen LogP contribution in [0.3, 0.4) is 0 Å². The summed E-state index contributed by atoms with van der Waals surface area (Å²) in [5, 5.41) is 12.7. The Morgan fingerprint density at radius 2 is 2.33 bits per heavy atom. The average Bonchev–Trinajstić information content (AvgIpc) is 2.49. The number of methoxy groups -OCH3 is 1. The molecule has 2 N–H and O–H groups in total. The summed E-state index contributed by atoms with van der Waals surface area (Å²) in [5.74, 6) is 0.438. The van der Waals surface area contributed by atoms with Gasteiger partial charge in [0.2, 0.25) is 0 Å². The van der Waals surface area contributed by atoms with Crippen molar-refractivity contribution in [1.82, 2.24) is 10.2 Å². The van der Waals surface area contributed by atoms with Crippen LogP contribution in [0.25, 0.3) is 0 Å². The number of phenolic OH excluding ortho intramolecular Hbond substituents is 1. The summed E-state index contributed by atoms with van der Waals surface area (Å²) in [5.41, 5.74) is 0.888. The Morgan fingerprint density at radius 3 is 2.95 bits per heavy atom. The number of benzene rings is 1. The molecular formula is C14H21ClN2O4. The van der Waals surface area contributed by atoms with Gasteiger partial charge < -0.3 is 24.8 Å². The predicted octanol–water partition coefficient (Wildman–Crippen LogP) is 0.769. The van der Waals surface area contributed by atoms with Crippen molar-refractivity contribution < 1.29 is 19.4 Å². The lowest BCUT2D eigenvalue weighted by molar-refractivity contribution is -0.144. The number of morpholine rings is 1. The molecule has 0 spiro atoms. The summed E-state index contributed by atoms with van der Waals surface area (Å²) in [6, 6.07) is 5.05. The van der Waals surface area contributed by atoms with Crippen LogP contribution < -0.4 is 10.1 Å². The summed E-state index contributed by atoms with van der Waals surface area (Å²) in [7, 11) is 3.23. The average molecular weight is 317 g/mol. The molecule has 0 radical (unpaired) electrons. The number of carbonyl (C=O) groups is 1. The van der Waals surface area contributed by atoms with E-state index in [4.69, 9.17) is 9.47 Å². The molecule has 118 valence electrons. The zero-order valence-electron chi connectivity index (χ0n) is 12.2. The lowest BCUT2D eigenvalue weighted by Crippen LogP contribution is -2.48. The van der Waals surface area contributed by atoms with Gasteiger partial charge in [-0.2, -0.15) is 0 Å². The second-order valence-electron chi connectivity index (χ2n) is 4.76. The lowest BCUT2D eigenvalue weighted by Gasteiger charge is -2.27. The van der Waals surface area contributed by atoms with E-state index in [2.05, 4.69) is 5.32 Å². The van der Waals surface area contributed by atoms with Crippen LogP contribution in [0.2, 0.25) is 0 Å². The van der Waals surface area contributed by atoms with Gasteiger partial charge in [-0.1, -0.05) is 6.07 Å². The highest BCUT2D eigenvalue weighted by Crippen LogP contribution is 2.26. The molecule has 1 aromatic carbocycles. The van der Waals surface area contributed by atoms with Crippen molar-refractivity contribution in [2.24, 2.45) is 0 Å². The Balaban J connectivity index is 0.00000220. The van der Waals surface area contributed by atoms with Crippen molar-refractivity contribution >= 4 is 18.3 Å². The predicted molar refractivity (Wildman–Crippen MR) is 81.0 cm³/mol. The molecule has 1 aliphatic heterocycles. The first-order chi connectivity index (χ1) is 9.61. The fraction of sp³-hybridized carbons (Fsp3) is 0.500. The van der Waals surface area contributed by atoms with Crippen LogP contribution in [0.5, 0.6) is 11.5 Å². The molecule has 6 nitrogen and oxygen atoms in total. The van der Waals surface area contributed by atoms with Crippen molar-refractivity contribution in [3.63, 3.8) is 0 Å². The van der Waals surface area contributed by atoms with E-state index in [1.54, 1.807) is 30.1 Å². The van der Waals surface area contributed by atoms with Crippen LogP contribution in [-0.2, 0) is 16.1 Å². The van der Waals surface area contributed by atoms with Gasteiger partial charge in [0, 0.05) is 26.7 Å². The van der Waals surface area contributed by atoms with Crippen molar-refractivity contribution in [2.45, 2.75) is 12.6 Å². The molecular weight excluding hydrogens is 296 g/mol. The first kappa shape index (κ1) is 17.6. The molecule has 1 fully saturated rings. The largest absolute Gasteiger partial charge is 0.504 e. The number of rotatable bonds is 4. The van der Waals surface area contributed by atoms with Crippen LogP contribution >= 0.6 is 12.4 Å². The molecule has 1 amide bonds. The first-order valence-electron chi connectivity index (χ1n) is 6.55. The van der Waals surface area contributed by atoms with Crippen molar-refractivity contribution in [1.29, 1.82) is 0 Å². The Hall–Kier alpha value is -1.50. The zero-order valence-corrected chi connectivity index (χ0v) is 13.0. The maximum absolute atomic E-state index is 12.2. The number of phenols is 1. The summed E-state index contributed by atoms with van der Waals surface area (Å²) >= 11 is 0. The number of nitrogens with zero attached hydrogens (tertiary/aromatic N) is 1. The van der Waals surface area contributed by atoms with E-state index in [0.29, 0.717) is 25.4 Å². The van der Waals surface area contributed by atoms with E-state index in [9.17, 15) is 9.90 Å². The second-order valence-corrected chi connectivity index (χ2v) is 4.76. The highest BCUT2D eigenvalue weighted by atomic mass is 35.5. The normalized spacial score (nSPS) is 17.7. The van der Waals surface area contributed by atoms with Gasteiger partial charge in [0.25, 0.3) is 5.91 Å². The van der Waals surface area contributed by atoms with Gasteiger partial charge in [0.1, 0.15) is 6.10 Å². The number of amides is 1. The molecule has 1 unspecified atom stereocenters. The van der Waals surface area contributed by atoms with Crippen molar-refractivity contribution in [2.75, 3.05) is 33.9 Å². The number of carbonyl (C=O) groups excluding carboxylic acids is 1. The number of aromatic hydroxyl groups is 1. The van der Waals surface area contributed by atoms with Crippen molar-refractivity contribution in [3.05, 3.63) is 23.8 Å². The Morgan fingerprint density at radius 1 is 1.57 bits per heavy atom. The van der Waals surface area contributed by atoms with Crippen LogP contribution in [0, 0.1) is 0 Å². The maximum Gasteiger partial charge on any atom is 0.253 e. The van der Waals surface area contributed by atoms with Gasteiger partial charge in [-0.15, -0.1) is 12.4 Å². The molecule has 0 bridgehead atoms. The molecule has 0 saturated carbocycles. The molecule has 7 heteroatoms. The van der Waals surface area contributed by atoms with E-state index < -0.39 is 6.10 Å². The molecule has 1 heterocycles. The first-order valence-corrected chi connectivity index (χ1v) is 6.55. The van der Waals surface area contributed by atoms with Gasteiger partial charge in [0.05, 0.1) is 13.7 Å². The smallest absolute Gasteiger partial charge is 0.253 e. The molecule has 1 atom stereocenters. The maximum atomic E-state index is 12.2. The van der Waals surface area contributed by atoms with Gasteiger partial charge in [-0.3, -0.25) is 4.79 Å². The zero-order chi connectivity index (χ0) is 14.5. The Bertz CT molecular complexity index is 478. The molecule has 21 heavy (non-hydrogen) atoms. The number of halogens is 1. The summed E-state index contributed by atoms with van der Waals surface area (Å²) in [6.45, 7) is 2.32. The number of ether oxygens (including phenoxy) is 2. The third kappa shape index (κ3) is 4.49. The molecule has 1 aromatic rings. The summed E-state index contributed by atoms with van der Waals surface area (Å²) < 4.78 is 10.5. The van der Waals surface area contributed by atoms with Crippen LogP contribution in [-0.4, -0.2) is 55.9 Å². The molecule has 0 aromatic heterocycles. The fourth-order valence-electron chi connectivity index (χ4n) is 2.14. The number of nitrogens with one attached hydrogen (secondary N) is 1. The standard InChI is InChI=1S/C14H20N2O4.ClH/c1-16(14(18)13-8-15-5-6-20-13)9-10-3-4-11(17)12(7-10)19-2;/h3-4,7,13,15,17H,5-6,8-9H2,1-2H3;1H. The van der Waals surface area contributed by atoms with E-state index in [1.807, 2.05) is 0 Å². The number of hydrogen-bond donors (Lipinski definition) is 2. The topological polar surface area (TPSA) is 71.0 Å². The lowest BCUT2D eigenvalue weighted by atomic mass is 10.1. The number of hydrogen-bond acceptors (Lipinski definition) is 5. The van der Waals surface area contributed by atoms with Crippen molar-refractivity contribution in [3.8, 4) is 11.5 Å². The summed E-state index contributed by atoms with van der Waals surface area (Å²) in [6.07, 6.45) is -0.423. The molecule has 0 aliphatic carbocycles. The quantitative estimate of drug-likeness (QED) is 0.858. The fourth-order valence-corrected chi connectivity index (χ4v) is 2.14. The van der Waals surface area contributed by atoms with Crippen LogP contribution in [0.15, 0.2) is 18.2 Å². The van der Waals surface area contributed by atoms with E-state index in [0.717, 1.165) is 12.1 Å². The second kappa shape index (κ2) is 8.07. The van der Waals surface area contributed by atoms with Gasteiger partial charge in [-0.25, -0.2) is 0 Å². The SMILES string of the molecule is COc1cc(CN(C)C(=O)C2CNCCO2)ccc1O.Cl. The van der Waals surface area contributed by atoms with E-state index in [-0.39, 0.29) is 24.1 Å². The van der Waals surface area contributed by atoms with Gasteiger partial charge in [-0.05, 0) is 17.7 Å². The minimum absolute atomic E-state index is 0. The highest BCUT2D eigenvalue weighted by molar-refractivity contribution is 5.85.